The molecule has 160 valence electrons. The Morgan fingerprint density at radius 2 is 1.91 bits per heavy atom. The predicted molar refractivity (Wildman–Crippen MR) is 125 cm³/mol. The first-order valence-electron chi connectivity index (χ1n) is 10.1. The Hall–Kier alpha value is -2.87. The summed E-state index contributed by atoms with van der Waals surface area (Å²) in [6.45, 7) is 0. The van der Waals surface area contributed by atoms with E-state index < -0.39 is 0 Å². The van der Waals surface area contributed by atoms with Gasteiger partial charge in [-0.25, -0.2) is 9.67 Å². The molecule has 0 radical (unpaired) electrons. The molecule has 1 fully saturated rings. The molecule has 7 nitrogen and oxygen atoms in total. The number of halogens is 3. The molecule has 0 amide bonds. The molecule has 1 aliphatic rings. The van der Waals surface area contributed by atoms with Crippen LogP contribution in [-0.4, -0.2) is 29.9 Å². The van der Waals surface area contributed by atoms with Crippen LogP contribution in [-0.2, 0) is 6.42 Å². The van der Waals surface area contributed by atoms with Gasteiger partial charge in [-0.2, -0.15) is 10.2 Å². The van der Waals surface area contributed by atoms with Crippen molar-refractivity contribution in [3.63, 3.8) is 0 Å². The van der Waals surface area contributed by atoms with Crippen molar-refractivity contribution < 1.29 is 0 Å². The molecule has 1 aliphatic carbocycles. The van der Waals surface area contributed by atoms with Gasteiger partial charge in [0, 0.05) is 22.7 Å². The van der Waals surface area contributed by atoms with E-state index in [1.807, 2.05) is 18.2 Å². The van der Waals surface area contributed by atoms with Gasteiger partial charge < -0.3 is 4.98 Å². The summed E-state index contributed by atoms with van der Waals surface area (Å²) >= 11 is 19.1. The van der Waals surface area contributed by atoms with Crippen LogP contribution in [0.15, 0.2) is 41.3 Å². The fraction of sp³-hybridized carbons (Fsp3) is 0.182. The van der Waals surface area contributed by atoms with Gasteiger partial charge >= 0.3 is 0 Å². The van der Waals surface area contributed by atoms with Gasteiger partial charge in [-0.1, -0.05) is 46.9 Å². The van der Waals surface area contributed by atoms with Crippen molar-refractivity contribution in [1.82, 2.24) is 29.9 Å². The molecule has 0 atom stereocenters. The molecule has 0 unspecified atom stereocenters. The van der Waals surface area contributed by atoms with Crippen LogP contribution in [0.25, 0.3) is 27.6 Å². The van der Waals surface area contributed by atoms with Crippen molar-refractivity contribution in [1.29, 1.82) is 0 Å². The van der Waals surface area contributed by atoms with Crippen LogP contribution in [0.2, 0.25) is 15.1 Å². The number of benzene rings is 2. The molecule has 0 saturated heterocycles. The molecular formula is C22H15Cl3N6O. The van der Waals surface area contributed by atoms with Gasteiger partial charge in [0.05, 0.1) is 27.5 Å². The van der Waals surface area contributed by atoms with Crippen molar-refractivity contribution in [3.05, 3.63) is 79.0 Å². The highest BCUT2D eigenvalue weighted by molar-refractivity contribution is 6.40. The number of hydrogen-bond donors (Lipinski definition) is 2. The highest BCUT2D eigenvalue weighted by Gasteiger charge is 2.32. The molecule has 0 aliphatic heterocycles. The zero-order chi connectivity index (χ0) is 22.0. The second kappa shape index (κ2) is 7.33. The Morgan fingerprint density at radius 1 is 1.12 bits per heavy atom. The third kappa shape index (κ3) is 3.20. The van der Waals surface area contributed by atoms with Crippen LogP contribution < -0.4 is 5.56 Å². The maximum Gasteiger partial charge on any atom is 0.262 e. The van der Waals surface area contributed by atoms with Crippen LogP contribution in [0.5, 0.6) is 0 Å². The van der Waals surface area contributed by atoms with Crippen LogP contribution >= 0.6 is 34.8 Å². The van der Waals surface area contributed by atoms with Crippen molar-refractivity contribution in [2.75, 3.05) is 0 Å². The summed E-state index contributed by atoms with van der Waals surface area (Å²) in [4.78, 5) is 20.9. The number of aromatic nitrogens is 6. The molecule has 3 aromatic heterocycles. The highest BCUT2D eigenvalue weighted by Crippen LogP contribution is 2.43. The monoisotopic (exact) mass is 484 g/mol. The standard InChI is InChI=1S/C22H15Cl3N6O/c23-12-7-14(24)20(15(25)8-12)31-21-18(19(30-31)10-4-5-10)22(32)28-17(27-21)6-11-2-1-3-16-13(11)9-26-29-16/h1-3,7-10H,4-6H2,(H,26,29)(H,27,28,32). The number of fused-ring (bicyclic) bond motifs is 2. The topological polar surface area (TPSA) is 92.2 Å². The number of hydrogen-bond acceptors (Lipinski definition) is 4. The molecular weight excluding hydrogens is 471 g/mol. The number of H-pyrrole nitrogens is 2. The van der Waals surface area contributed by atoms with E-state index in [2.05, 4.69) is 15.2 Å². The predicted octanol–water partition coefficient (Wildman–Crippen LogP) is 5.41. The van der Waals surface area contributed by atoms with Gasteiger partial charge in [-0.05, 0) is 36.6 Å². The van der Waals surface area contributed by atoms with Crippen LogP contribution in [0.3, 0.4) is 0 Å². The van der Waals surface area contributed by atoms with Crippen molar-refractivity contribution in [3.8, 4) is 5.69 Å². The maximum atomic E-state index is 13.2. The summed E-state index contributed by atoms with van der Waals surface area (Å²) in [5.41, 5.74) is 3.30. The maximum absolute atomic E-state index is 13.2. The first-order chi connectivity index (χ1) is 15.5. The number of nitrogens with one attached hydrogen (secondary N) is 2. The molecule has 2 N–H and O–H groups in total. The summed E-state index contributed by atoms with van der Waals surface area (Å²) in [6, 6.07) is 9.08. The van der Waals surface area contributed by atoms with E-state index in [0.29, 0.717) is 44.0 Å². The minimum Gasteiger partial charge on any atom is -0.310 e. The minimum atomic E-state index is -0.223. The second-order valence-corrected chi connectivity index (χ2v) is 9.18. The molecule has 2 aromatic carbocycles. The molecule has 0 spiro atoms. The van der Waals surface area contributed by atoms with Gasteiger partial charge in [0.1, 0.15) is 16.9 Å². The van der Waals surface area contributed by atoms with E-state index in [-0.39, 0.29) is 11.5 Å². The van der Waals surface area contributed by atoms with Gasteiger partial charge in [-0.15, -0.1) is 0 Å². The van der Waals surface area contributed by atoms with Gasteiger partial charge in [0.25, 0.3) is 5.56 Å². The van der Waals surface area contributed by atoms with E-state index in [4.69, 9.17) is 44.9 Å². The fourth-order valence-electron chi connectivity index (χ4n) is 4.08. The largest absolute Gasteiger partial charge is 0.310 e. The molecule has 3 heterocycles. The van der Waals surface area contributed by atoms with Gasteiger partial charge in [0.15, 0.2) is 5.65 Å². The zero-order valence-electron chi connectivity index (χ0n) is 16.5. The average Bonchev–Trinajstić information content (AvgIpc) is 3.34. The lowest BCUT2D eigenvalue weighted by molar-refractivity contribution is 0.845. The molecule has 6 rings (SSSR count). The van der Waals surface area contributed by atoms with E-state index in [1.165, 1.54) is 0 Å². The smallest absolute Gasteiger partial charge is 0.262 e. The number of nitrogens with zero attached hydrogens (tertiary/aromatic N) is 4. The molecule has 1 saturated carbocycles. The SMILES string of the molecule is O=c1[nH]c(Cc2cccc3[nH]ncc23)nc2c1c(C1CC1)nn2-c1c(Cl)cc(Cl)cc1Cl. The Labute approximate surface area is 196 Å². The lowest BCUT2D eigenvalue weighted by Gasteiger charge is -2.09. The summed E-state index contributed by atoms with van der Waals surface area (Å²) in [7, 11) is 0. The van der Waals surface area contributed by atoms with E-state index in [1.54, 1.807) is 23.0 Å². The highest BCUT2D eigenvalue weighted by atomic mass is 35.5. The summed E-state index contributed by atoms with van der Waals surface area (Å²) < 4.78 is 1.57. The zero-order valence-corrected chi connectivity index (χ0v) is 18.8. The number of aromatic amines is 2. The van der Waals surface area contributed by atoms with Crippen LogP contribution in [0.1, 0.15) is 35.8 Å². The number of rotatable bonds is 4. The van der Waals surface area contributed by atoms with E-state index in [9.17, 15) is 4.79 Å². The molecule has 0 bridgehead atoms. The summed E-state index contributed by atoms with van der Waals surface area (Å²) in [6.07, 6.45) is 4.16. The average molecular weight is 486 g/mol. The van der Waals surface area contributed by atoms with E-state index in [0.717, 1.165) is 35.0 Å². The first-order valence-corrected chi connectivity index (χ1v) is 11.2. The second-order valence-electron chi connectivity index (χ2n) is 7.93. The molecule has 32 heavy (non-hydrogen) atoms. The van der Waals surface area contributed by atoms with Gasteiger partial charge in [0.2, 0.25) is 0 Å². The Bertz CT molecular complexity index is 1560. The fourth-order valence-corrected chi connectivity index (χ4v) is 5.06. The third-order valence-corrected chi connectivity index (χ3v) is 6.50. The van der Waals surface area contributed by atoms with Crippen LogP contribution in [0.4, 0.5) is 0 Å². The van der Waals surface area contributed by atoms with E-state index >= 15 is 0 Å². The minimum absolute atomic E-state index is 0.223. The lowest BCUT2D eigenvalue weighted by Crippen LogP contribution is -2.13. The Morgan fingerprint density at radius 3 is 2.66 bits per heavy atom. The Kier molecular flexibility index (Phi) is 4.54. The summed E-state index contributed by atoms with van der Waals surface area (Å²) in [5.74, 6) is 0.748. The molecule has 5 aromatic rings. The summed E-state index contributed by atoms with van der Waals surface area (Å²) in [5, 5.41) is 14.3. The lowest BCUT2D eigenvalue weighted by atomic mass is 10.1. The van der Waals surface area contributed by atoms with Crippen molar-refractivity contribution >= 4 is 56.7 Å². The van der Waals surface area contributed by atoms with Gasteiger partial charge in [-0.3, -0.25) is 9.89 Å². The normalized spacial score (nSPS) is 14.0. The van der Waals surface area contributed by atoms with Crippen molar-refractivity contribution in [2.45, 2.75) is 25.2 Å². The Balaban J connectivity index is 1.57. The van der Waals surface area contributed by atoms with Crippen LogP contribution in [0, 0.1) is 0 Å². The quantitative estimate of drug-likeness (QED) is 0.356. The molecule has 10 heteroatoms. The third-order valence-electron chi connectivity index (χ3n) is 5.70. The van der Waals surface area contributed by atoms with Crippen molar-refractivity contribution in [2.24, 2.45) is 0 Å². The first kappa shape index (κ1) is 19.8.